The van der Waals surface area contributed by atoms with E-state index in [0.717, 1.165) is 29.6 Å². The minimum Gasteiger partial charge on any atom is -0.0651 e. The smallest absolute Gasteiger partial charge is 0.0334 e. The van der Waals surface area contributed by atoms with Gasteiger partial charge in [0.15, 0.2) is 0 Å². The first kappa shape index (κ1) is 10.1. The molecule has 0 aliphatic heterocycles. The van der Waals surface area contributed by atoms with Crippen molar-refractivity contribution in [2.45, 2.75) is 47.5 Å². The van der Waals surface area contributed by atoms with E-state index in [0.29, 0.717) is 0 Å². The molecule has 0 saturated heterocycles. The fourth-order valence-corrected chi connectivity index (χ4v) is 3.25. The molecule has 0 bridgehead atoms. The summed E-state index contributed by atoms with van der Waals surface area (Å²) in [6, 6.07) is 0. The highest BCUT2D eigenvalue weighted by molar-refractivity contribution is 4.87. The van der Waals surface area contributed by atoms with Gasteiger partial charge in [0.25, 0.3) is 0 Å². The predicted molar refractivity (Wildman–Crippen MR) is 55.1 cm³/mol. The van der Waals surface area contributed by atoms with Crippen molar-refractivity contribution >= 4 is 0 Å². The first-order valence-corrected chi connectivity index (χ1v) is 5.57. The largest absolute Gasteiger partial charge is 0.0651 e. The van der Waals surface area contributed by atoms with Crippen molar-refractivity contribution in [2.75, 3.05) is 0 Å². The van der Waals surface area contributed by atoms with Crippen LogP contribution < -0.4 is 0 Å². The molecular weight excluding hydrogens is 144 g/mol. The van der Waals surface area contributed by atoms with Crippen LogP contribution in [0.2, 0.25) is 0 Å². The molecule has 1 saturated carbocycles. The maximum Gasteiger partial charge on any atom is -0.0334 e. The quantitative estimate of drug-likeness (QED) is 0.585. The fourth-order valence-electron chi connectivity index (χ4n) is 3.25. The maximum absolute atomic E-state index is 2.45. The van der Waals surface area contributed by atoms with E-state index in [9.17, 15) is 0 Å². The van der Waals surface area contributed by atoms with Crippen LogP contribution >= 0.6 is 0 Å². The zero-order valence-corrected chi connectivity index (χ0v) is 9.30. The summed E-state index contributed by atoms with van der Waals surface area (Å²) in [5, 5.41) is 0. The van der Waals surface area contributed by atoms with Crippen molar-refractivity contribution in [3.63, 3.8) is 0 Å². The van der Waals surface area contributed by atoms with Crippen molar-refractivity contribution in [3.05, 3.63) is 0 Å². The van der Waals surface area contributed by atoms with Gasteiger partial charge < -0.3 is 0 Å². The van der Waals surface area contributed by atoms with Gasteiger partial charge in [-0.15, -0.1) is 0 Å². The normalized spacial score (nSPS) is 42.5. The van der Waals surface area contributed by atoms with Gasteiger partial charge in [-0.2, -0.15) is 0 Å². The van der Waals surface area contributed by atoms with Gasteiger partial charge in [0.1, 0.15) is 0 Å². The Hall–Kier alpha value is 0. The number of hydrogen-bond acceptors (Lipinski definition) is 0. The molecule has 0 spiro atoms. The third kappa shape index (κ3) is 1.67. The molecule has 0 aromatic heterocycles. The van der Waals surface area contributed by atoms with Crippen LogP contribution in [0.15, 0.2) is 0 Å². The third-order valence-corrected chi connectivity index (χ3v) is 4.02. The molecule has 0 heterocycles. The minimum absolute atomic E-state index is 0.884. The van der Waals surface area contributed by atoms with E-state index in [2.05, 4.69) is 34.6 Å². The molecule has 0 nitrogen and oxygen atoms in total. The molecule has 1 rings (SSSR count). The second kappa shape index (κ2) is 3.81. The molecule has 12 heavy (non-hydrogen) atoms. The highest BCUT2D eigenvalue weighted by atomic mass is 14.4. The van der Waals surface area contributed by atoms with Crippen molar-refractivity contribution in [3.8, 4) is 0 Å². The van der Waals surface area contributed by atoms with Gasteiger partial charge in [-0.1, -0.05) is 41.0 Å². The number of rotatable bonds is 2. The van der Waals surface area contributed by atoms with Gasteiger partial charge >= 0.3 is 0 Å². The standard InChI is InChI=1S/C12H24/c1-6-11-7-9(4)10(5)12(11)8(2)3/h8-12H,6-7H2,1-5H3. The van der Waals surface area contributed by atoms with Gasteiger partial charge in [0.05, 0.1) is 0 Å². The summed E-state index contributed by atoms with van der Waals surface area (Å²) in [5.74, 6) is 4.80. The van der Waals surface area contributed by atoms with Crippen LogP contribution in [0.3, 0.4) is 0 Å². The third-order valence-electron chi connectivity index (χ3n) is 4.02. The topological polar surface area (TPSA) is 0 Å². The van der Waals surface area contributed by atoms with Gasteiger partial charge in [0.2, 0.25) is 0 Å². The Bertz CT molecular complexity index is 137. The van der Waals surface area contributed by atoms with Crippen LogP contribution in [-0.4, -0.2) is 0 Å². The maximum atomic E-state index is 2.45. The van der Waals surface area contributed by atoms with Gasteiger partial charge in [0, 0.05) is 0 Å². The average molecular weight is 168 g/mol. The molecule has 1 aliphatic carbocycles. The fraction of sp³-hybridized carbons (Fsp3) is 1.00. The van der Waals surface area contributed by atoms with Crippen LogP contribution in [0, 0.1) is 29.6 Å². The summed E-state index contributed by atoms with van der Waals surface area (Å²) in [4.78, 5) is 0. The van der Waals surface area contributed by atoms with E-state index < -0.39 is 0 Å². The molecule has 0 amide bonds. The molecule has 4 unspecified atom stereocenters. The van der Waals surface area contributed by atoms with Crippen LogP contribution in [0.1, 0.15) is 47.5 Å². The van der Waals surface area contributed by atoms with Gasteiger partial charge in [-0.05, 0) is 36.0 Å². The van der Waals surface area contributed by atoms with E-state index in [-0.39, 0.29) is 0 Å². The molecule has 0 heteroatoms. The molecule has 0 radical (unpaired) electrons. The molecule has 1 fully saturated rings. The Balaban J connectivity index is 2.66. The summed E-state index contributed by atoms with van der Waals surface area (Å²) in [5.41, 5.74) is 0. The summed E-state index contributed by atoms with van der Waals surface area (Å²) < 4.78 is 0. The van der Waals surface area contributed by atoms with Crippen molar-refractivity contribution in [1.29, 1.82) is 0 Å². The summed E-state index contributed by atoms with van der Waals surface area (Å²) in [6.45, 7) is 12.0. The molecule has 1 aliphatic rings. The van der Waals surface area contributed by atoms with Crippen LogP contribution in [0.4, 0.5) is 0 Å². The Morgan fingerprint density at radius 3 is 2.17 bits per heavy atom. The Kier molecular flexibility index (Phi) is 3.20. The Morgan fingerprint density at radius 1 is 1.25 bits per heavy atom. The predicted octanol–water partition coefficient (Wildman–Crippen LogP) is 3.96. The lowest BCUT2D eigenvalue weighted by Gasteiger charge is -2.26. The van der Waals surface area contributed by atoms with Crippen LogP contribution in [0.5, 0.6) is 0 Å². The lowest BCUT2D eigenvalue weighted by molar-refractivity contribution is 0.228. The highest BCUT2D eigenvalue weighted by Crippen LogP contribution is 2.46. The number of hydrogen-bond donors (Lipinski definition) is 0. The SMILES string of the molecule is CCC1CC(C)C(C)C1C(C)C. The minimum atomic E-state index is 0.884. The second-order valence-corrected chi connectivity index (χ2v) is 5.06. The Morgan fingerprint density at radius 2 is 1.83 bits per heavy atom. The van der Waals surface area contributed by atoms with E-state index in [1.54, 1.807) is 0 Å². The first-order valence-electron chi connectivity index (χ1n) is 5.57. The highest BCUT2D eigenvalue weighted by Gasteiger charge is 2.38. The van der Waals surface area contributed by atoms with Crippen molar-refractivity contribution in [2.24, 2.45) is 29.6 Å². The summed E-state index contributed by atoms with van der Waals surface area (Å²) in [6.07, 6.45) is 2.86. The van der Waals surface area contributed by atoms with E-state index >= 15 is 0 Å². The lowest BCUT2D eigenvalue weighted by Crippen LogP contribution is -2.19. The average Bonchev–Trinajstić information content (AvgIpc) is 2.28. The van der Waals surface area contributed by atoms with Crippen LogP contribution in [0.25, 0.3) is 0 Å². The monoisotopic (exact) mass is 168 g/mol. The molecule has 0 aromatic rings. The molecule has 4 atom stereocenters. The Labute approximate surface area is 77.7 Å². The molecule has 72 valence electrons. The summed E-state index contributed by atoms with van der Waals surface area (Å²) in [7, 11) is 0. The first-order chi connectivity index (χ1) is 5.57. The molecule has 0 N–H and O–H groups in total. The van der Waals surface area contributed by atoms with Crippen molar-refractivity contribution in [1.82, 2.24) is 0 Å². The van der Waals surface area contributed by atoms with E-state index in [1.165, 1.54) is 12.8 Å². The van der Waals surface area contributed by atoms with E-state index in [1.807, 2.05) is 0 Å². The zero-order valence-electron chi connectivity index (χ0n) is 9.30. The second-order valence-electron chi connectivity index (χ2n) is 5.06. The zero-order chi connectivity index (χ0) is 9.30. The van der Waals surface area contributed by atoms with E-state index in [4.69, 9.17) is 0 Å². The molecular formula is C12H24. The van der Waals surface area contributed by atoms with Crippen molar-refractivity contribution < 1.29 is 0 Å². The lowest BCUT2D eigenvalue weighted by atomic mass is 9.79. The summed E-state index contributed by atoms with van der Waals surface area (Å²) >= 11 is 0. The van der Waals surface area contributed by atoms with Gasteiger partial charge in [-0.25, -0.2) is 0 Å². The van der Waals surface area contributed by atoms with Gasteiger partial charge in [-0.3, -0.25) is 0 Å². The molecule has 0 aromatic carbocycles. The van der Waals surface area contributed by atoms with Crippen LogP contribution in [-0.2, 0) is 0 Å².